The van der Waals surface area contributed by atoms with Crippen LogP contribution >= 0.6 is 0 Å². The molecule has 1 aromatic heterocycles. The summed E-state index contributed by atoms with van der Waals surface area (Å²) in [6.45, 7) is -0.0630. The molecule has 2 aliphatic rings. The topological polar surface area (TPSA) is 62.7 Å². The van der Waals surface area contributed by atoms with E-state index in [0.717, 1.165) is 10.8 Å². The fourth-order valence-corrected chi connectivity index (χ4v) is 4.57. The van der Waals surface area contributed by atoms with E-state index in [2.05, 4.69) is 4.98 Å². The van der Waals surface area contributed by atoms with Crippen LogP contribution in [0.4, 0.5) is 13.2 Å². The first-order valence-corrected chi connectivity index (χ1v) is 10.3. The first-order chi connectivity index (χ1) is 14.4. The van der Waals surface area contributed by atoms with Crippen LogP contribution < -0.4 is 4.74 Å². The molecule has 1 aliphatic heterocycles. The van der Waals surface area contributed by atoms with Crippen LogP contribution in [0, 0.1) is 17.8 Å². The lowest BCUT2D eigenvalue weighted by Gasteiger charge is -2.44. The van der Waals surface area contributed by atoms with Crippen molar-refractivity contribution >= 4 is 16.7 Å². The number of nitrogens with zero attached hydrogens (tertiary/aromatic N) is 2. The highest BCUT2D eigenvalue weighted by molar-refractivity contribution is 5.86. The lowest BCUT2D eigenvalue weighted by molar-refractivity contribution is -0.214. The predicted molar refractivity (Wildman–Crippen MR) is 105 cm³/mol. The molecule has 3 atom stereocenters. The Labute approximate surface area is 172 Å². The van der Waals surface area contributed by atoms with Crippen molar-refractivity contribution in [1.82, 2.24) is 9.88 Å². The van der Waals surface area contributed by atoms with Crippen LogP contribution in [-0.4, -0.2) is 52.9 Å². The van der Waals surface area contributed by atoms with E-state index in [1.807, 2.05) is 30.3 Å². The van der Waals surface area contributed by atoms with Gasteiger partial charge in [-0.1, -0.05) is 18.2 Å². The number of aliphatic hydroxyl groups excluding tert-OH is 1. The minimum Gasteiger partial charge on any atom is -0.474 e. The van der Waals surface area contributed by atoms with Crippen LogP contribution in [0.3, 0.4) is 0 Å². The van der Waals surface area contributed by atoms with Crippen molar-refractivity contribution in [3.8, 4) is 5.88 Å². The summed E-state index contributed by atoms with van der Waals surface area (Å²) >= 11 is 0. The van der Waals surface area contributed by atoms with Crippen molar-refractivity contribution in [2.75, 3.05) is 19.7 Å². The molecule has 1 unspecified atom stereocenters. The van der Waals surface area contributed by atoms with E-state index in [-0.39, 0.29) is 12.0 Å². The molecule has 1 aliphatic carbocycles. The number of carbonyl (C=O) groups excluding carboxylic acids is 1. The molecule has 2 fully saturated rings. The summed E-state index contributed by atoms with van der Waals surface area (Å²) in [5.74, 6) is -2.96. The standard InChI is InChI=1S/C22H25F3N2O3/c23-22(24,25)19(13-28)17-5-6-18(17)21(29)27-11-8-15(9-12-27)30-20-16-4-2-1-3-14(16)7-10-26-20/h1-4,7,10,15,17-19,28H,5-6,8-9,11-13H2/t17?,18-,19+/m1/s1. The maximum Gasteiger partial charge on any atom is 0.394 e. The summed E-state index contributed by atoms with van der Waals surface area (Å²) < 4.78 is 45.5. The van der Waals surface area contributed by atoms with Gasteiger partial charge in [-0.25, -0.2) is 4.98 Å². The number of benzene rings is 1. The summed E-state index contributed by atoms with van der Waals surface area (Å²) in [4.78, 5) is 18.8. The fourth-order valence-electron chi connectivity index (χ4n) is 4.57. The molecule has 0 spiro atoms. The molecular formula is C22H25F3N2O3. The Hall–Kier alpha value is -2.35. The highest BCUT2D eigenvalue weighted by Crippen LogP contribution is 2.47. The molecule has 5 nitrogen and oxygen atoms in total. The van der Waals surface area contributed by atoms with E-state index in [0.29, 0.717) is 44.7 Å². The summed E-state index contributed by atoms with van der Waals surface area (Å²) in [6.07, 6.45) is -0.881. The van der Waals surface area contributed by atoms with Crippen molar-refractivity contribution in [1.29, 1.82) is 0 Å². The number of ether oxygens (including phenoxy) is 1. The summed E-state index contributed by atoms with van der Waals surface area (Å²) in [5, 5.41) is 11.2. The Balaban J connectivity index is 1.35. The number of fused-ring (bicyclic) bond motifs is 1. The molecule has 162 valence electrons. The number of amides is 1. The molecule has 1 saturated carbocycles. The average Bonchev–Trinajstić information content (AvgIpc) is 2.71. The molecule has 0 bridgehead atoms. The second-order valence-corrected chi connectivity index (χ2v) is 8.16. The van der Waals surface area contributed by atoms with E-state index in [1.165, 1.54) is 0 Å². The zero-order chi connectivity index (χ0) is 21.3. The molecule has 1 N–H and O–H groups in total. The number of hydrogen-bond acceptors (Lipinski definition) is 4. The molecule has 2 heterocycles. The Morgan fingerprint density at radius 3 is 2.53 bits per heavy atom. The van der Waals surface area contributed by atoms with E-state index >= 15 is 0 Å². The van der Waals surface area contributed by atoms with Crippen LogP contribution in [-0.2, 0) is 4.79 Å². The Morgan fingerprint density at radius 2 is 1.90 bits per heavy atom. The predicted octanol–water partition coefficient (Wildman–Crippen LogP) is 3.80. The number of pyridine rings is 1. The number of aromatic nitrogens is 1. The number of likely N-dealkylation sites (tertiary alicyclic amines) is 1. The fraction of sp³-hybridized carbons (Fsp3) is 0.545. The van der Waals surface area contributed by atoms with Gasteiger partial charge in [0.25, 0.3) is 0 Å². The zero-order valence-electron chi connectivity index (χ0n) is 16.5. The van der Waals surface area contributed by atoms with Crippen molar-refractivity contribution in [3.63, 3.8) is 0 Å². The minimum absolute atomic E-state index is 0.0927. The molecule has 8 heteroatoms. The second kappa shape index (κ2) is 8.41. The Kier molecular flexibility index (Phi) is 5.86. The van der Waals surface area contributed by atoms with Crippen LogP contribution in [0.2, 0.25) is 0 Å². The van der Waals surface area contributed by atoms with Crippen molar-refractivity contribution in [3.05, 3.63) is 36.5 Å². The maximum absolute atomic E-state index is 13.1. The van der Waals surface area contributed by atoms with Crippen molar-refractivity contribution in [2.24, 2.45) is 17.8 Å². The first kappa shape index (κ1) is 20.9. The smallest absolute Gasteiger partial charge is 0.394 e. The highest BCUT2D eigenvalue weighted by Gasteiger charge is 2.52. The van der Waals surface area contributed by atoms with E-state index < -0.39 is 30.5 Å². The third-order valence-electron chi connectivity index (χ3n) is 6.45. The lowest BCUT2D eigenvalue weighted by Crippen LogP contribution is -2.51. The molecule has 1 amide bonds. The average molecular weight is 422 g/mol. The Bertz CT molecular complexity index is 891. The number of alkyl halides is 3. The van der Waals surface area contributed by atoms with E-state index in [9.17, 15) is 23.1 Å². The highest BCUT2D eigenvalue weighted by atomic mass is 19.4. The molecular weight excluding hydrogens is 397 g/mol. The van der Waals surface area contributed by atoms with Gasteiger partial charge in [-0.3, -0.25) is 4.79 Å². The van der Waals surface area contributed by atoms with Gasteiger partial charge in [0, 0.05) is 43.4 Å². The van der Waals surface area contributed by atoms with Crippen molar-refractivity contribution in [2.45, 2.75) is 38.0 Å². The summed E-state index contributed by atoms with van der Waals surface area (Å²) in [6, 6.07) is 9.73. The van der Waals surface area contributed by atoms with Gasteiger partial charge in [-0.05, 0) is 36.3 Å². The third-order valence-corrected chi connectivity index (χ3v) is 6.45. The van der Waals surface area contributed by atoms with E-state index in [1.54, 1.807) is 11.1 Å². The van der Waals surface area contributed by atoms with Gasteiger partial charge in [0.05, 0.1) is 12.5 Å². The molecule has 0 radical (unpaired) electrons. The number of rotatable bonds is 5. The maximum atomic E-state index is 13.1. The molecule has 30 heavy (non-hydrogen) atoms. The summed E-state index contributed by atoms with van der Waals surface area (Å²) in [5.41, 5.74) is 0. The minimum atomic E-state index is -4.48. The van der Waals surface area contributed by atoms with Gasteiger partial charge < -0.3 is 14.7 Å². The van der Waals surface area contributed by atoms with Crippen LogP contribution in [0.5, 0.6) is 5.88 Å². The number of aliphatic hydroxyl groups is 1. The SMILES string of the molecule is O=C([C@@H]1CCC1[C@H](CO)C(F)(F)F)N1CCC(Oc2nccc3ccccc23)CC1. The number of carbonyl (C=O) groups is 1. The van der Waals surface area contributed by atoms with Crippen molar-refractivity contribution < 1.29 is 27.8 Å². The second-order valence-electron chi connectivity index (χ2n) is 8.16. The van der Waals surface area contributed by atoms with Gasteiger partial charge in [0.2, 0.25) is 11.8 Å². The van der Waals surface area contributed by atoms with Gasteiger partial charge in [-0.2, -0.15) is 13.2 Å². The monoisotopic (exact) mass is 422 g/mol. The molecule has 2 aromatic rings. The largest absolute Gasteiger partial charge is 0.474 e. The van der Waals surface area contributed by atoms with Gasteiger partial charge in [0.1, 0.15) is 6.10 Å². The van der Waals surface area contributed by atoms with Gasteiger partial charge in [-0.15, -0.1) is 0 Å². The molecule has 4 rings (SSSR count). The van der Waals surface area contributed by atoms with Crippen LogP contribution in [0.1, 0.15) is 25.7 Å². The van der Waals surface area contributed by atoms with Crippen LogP contribution in [0.25, 0.3) is 10.8 Å². The normalized spacial score (nSPS) is 23.8. The third kappa shape index (κ3) is 4.10. The summed E-state index contributed by atoms with van der Waals surface area (Å²) in [7, 11) is 0. The molecule has 1 saturated heterocycles. The zero-order valence-corrected chi connectivity index (χ0v) is 16.5. The van der Waals surface area contributed by atoms with Gasteiger partial charge >= 0.3 is 6.18 Å². The molecule has 1 aromatic carbocycles. The number of piperidine rings is 1. The first-order valence-electron chi connectivity index (χ1n) is 10.3. The van der Waals surface area contributed by atoms with Gasteiger partial charge in [0.15, 0.2) is 0 Å². The van der Waals surface area contributed by atoms with E-state index in [4.69, 9.17) is 4.74 Å². The quantitative estimate of drug-likeness (QED) is 0.796. The lowest BCUT2D eigenvalue weighted by atomic mass is 9.66. The Morgan fingerprint density at radius 1 is 1.17 bits per heavy atom. The van der Waals surface area contributed by atoms with Crippen LogP contribution in [0.15, 0.2) is 36.5 Å². The number of hydrogen-bond donors (Lipinski definition) is 1. The number of halogens is 3.